The summed E-state index contributed by atoms with van der Waals surface area (Å²) in [6, 6.07) is 14.1. The van der Waals surface area contributed by atoms with E-state index in [0.717, 1.165) is 5.56 Å². The zero-order valence-corrected chi connectivity index (χ0v) is 17.3. The summed E-state index contributed by atoms with van der Waals surface area (Å²) < 4.78 is 16.6. The minimum atomic E-state index is -1.19. The molecular weight excluding hydrogens is 404 g/mol. The lowest BCUT2D eigenvalue weighted by Crippen LogP contribution is -2.23. The van der Waals surface area contributed by atoms with E-state index in [-0.39, 0.29) is 5.56 Å². The number of carbonyl (C=O) groups excluding carboxylic acids is 1. The Morgan fingerprint density at radius 3 is 2.43 bits per heavy atom. The highest BCUT2D eigenvalue weighted by molar-refractivity contribution is 7.98. The van der Waals surface area contributed by atoms with E-state index in [1.807, 2.05) is 13.2 Å². The highest BCUT2D eigenvalue weighted by Crippen LogP contribution is 2.31. The number of thioether (sulfide) groups is 1. The molecule has 0 aliphatic rings. The van der Waals surface area contributed by atoms with Gasteiger partial charge in [-0.2, -0.15) is 5.26 Å². The number of rotatable bonds is 9. The standard InChI is InChI=1S/C22H20N2O5S/c1-3-14-12-17(8-9-18(14)22(25)26)28-11-10-27-16-6-4-15(5-7-16)20-19(13-23)21(30-2)24-29-20/h4-9,12H,3,10-11H2,1-2H3,(H,25,26)/p-1. The summed E-state index contributed by atoms with van der Waals surface area (Å²) in [6.45, 7) is 2.48. The number of aromatic carboxylic acids is 1. The Hall–Kier alpha value is -3.44. The molecule has 0 bridgehead atoms. The molecule has 0 N–H and O–H groups in total. The van der Waals surface area contributed by atoms with Gasteiger partial charge in [-0.25, -0.2) is 0 Å². The zero-order chi connectivity index (χ0) is 21.5. The zero-order valence-electron chi connectivity index (χ0n) is 16.5. The fourth-order valence-corrected chi connectivity index (χ4v) is 3.34. The Balaban J connectivity index is 1.56. The third-order valence-corrected chi connectivity index (χ3v) is 5.05. The first-order valence-corrected chi connectivity index (χ1v) is 10.4. The first-order chi connectivity index (χ1) is 14.6. The van der Waals surface area contributed by atoms with Gasteiger partial charge in [0.25, 0.3) is 0 Å². The maximum atomic E-state index is 11.1. The fraction of sp³-hybridized carbons (Fsp3) is 0.227. The Morgan fingerprint density at radius 1 is 1.17 bits per heavy atom. The van der Waals surface area contributed by atoms with Gasteiger partial charge in [0, 0.05) is 11.1 Å². The van der Waals surface area contributed by atoms with Crippen LogP contribution in [0.15, 0.2) is 52.0 Å². The van der Waals surface area contributed by atoms with Crippen LogP contribution in [-0.4, -0.2) is 30.6 Å². The Labute approximate surface area is 178 Å². The van der Waals surface area contributed by atoms with Crippen LogP contribution in [-0.2, 0) is 6.42 Å². The topological polar surface area (TPSA) is 108 Å². The number of ether oxygens (including phenoxy) is 2. The summed E-state index contributed by atoms with van der Waals surface area (Å²) in [5.74, 6) is 0.465. The van der Waals surface area contributed by atoms with E-state index in [1.165, 1.54) is 17.8 Å². The molecule has 2 aromatic carbocycles. The van der Waals surface area contributed by atoms with Crippen LogP contribution in [0.25, 0.3) is 11.3 Å². The largest absolute Gasteiger partial charge is 0.545 e. The van der Waals surface area contributed by atoms with E-state index in [9.17, 15) is 15.2 Å². The summed E-state index contributed by atoms with van der Waals surface area (Å²) >= 11 is 1.36. The van der Waals surface area contributed by atoms with Crippen LogP contribution in [0, 0.1) is 11.3 Å². The predicted molar refractivity (Wildman–Crippen MR) is 110 cm³/mol. The van der Waals surface area contributed by atoms with Crippen molar-refractivity contribution in [2.24, 2.45) is 0 Å². The minimum Gasteiger partial charge on any atom is -0.545 e. The molecule has 154 valence electrons. The van der Waals surface area contributed by atoms with Crippen LogP contribution in [0.2, 0.25) is 0 Å². The van der Waals surface area contributed by atoms with Gasteiger partial charge >= 0.3 is 0 Å². The lowest BCUT2D eigenvalue weighted by Gasteiger charge is -2.12. The highest BCUT2D eigenvalue weighted by atomic mass is 32.2. The number of hydrogen-bond acceptors (Lipinski definition) is 8. The number of nitriles is 1. The average molecular weight is 423 g/mol. The summed E-state index contributed by atoms with van der Waals surface area (Å²) in [5, 5.41) is 24.9. The molecule has 30 heavy (non-hydrogen) atoms. The predicted octanol–water partition coefficient (Wildman–Crippen LogP) is 3.32. The second-order valence-corrected chi connectivity index (χ2v) is 6.98. The molecule has 0 unspecified atom stereocenters. The van der Waals surface area contributed by atoms with Gasteiger partial charge in [-0.1, -0.05) is 12.1 Å². The van der Waals surface area contributed by atoms with Crippen LogP contribution >= 0.6 is 11.8 Å². The first kappa shape index (κ1) is 21.3. The van der Waals surface area contributed by atoms with Crippen LogP contribution in [0.4, 0.5) is 0 Å². The smallest absolute Gasteiger partial charge is 0.185 e. The number of hydrogen-bond donors (Lipinski definition) is 0. The minimum absolute atomic E-state index is 0.178. The number of nitrogens with zero attached hydrogens (tertiary/aromatic N) is 2. The fourth-order valence-electron chi connectivity index (χ4n) is 2.88. The number of carbonyl (C=O) groups is 1. The third-order valence-electron chi connectivity index (χ3n) is 4.38. The summed E-state index contributed by atoms with van der Waals surface area (Å²) in [6.07, 6.45) is 2.41. The van der Waals surface area contributed by atoms with Gasteiger partial charge in [0.15, 0.2) is 10.8 Å². The van der Waals surface area contributed by atoms with Crippen LogP contribution in [0.3, 0.4) is 0 Å². The summed E-state index contributed by atoms with van der Waals surface area (Å²) in [4.78, 5) is 11.1. The molecule has 0 aliphatic heterocycles. The number of carboxylic acids is 1. The van der Waals surface area contributed by atoms with Crippen molar-refractivity contribution in [2.45, 2.75) is 18.4 Å². The van der Waals surface area contributed by atoms with Gasteiger partial charge in [0.05, 0.1) is 5.97 Å². The molecule has 1 heterocycles. The molecule has 1 aromatic heterocycles. The highest BCUT2D eigenvalue weighted by Gasteiger charge is 2.16. The molecule has 0 amide bonds. The van der Waals surface area contributed by atoms with Gasteiger partial charge in [-0.3, -0.25) is 0 Å². The van der Waals surface area contributed by atoms with E-state index < -0.39 is 5.97 Å². The lowest BCUT2D eigenvalue weighted by molar-refractivity contribution is -0.255. The van der Waals surface area contributed by atoms with Crippen molar-refractivity contribution in [3.8, 4) is 28.9 Å². The van der Waals surface area contributed by atoms with Gasteiger partial charge in [-0.15, -0.1) is 11.8 Å². The maximum Gasteiger partial charge on any atom is 0.185 e. The van der Waals surface area contributed by atoms with Crippen molar-refractivity contribution in [3.63, 3.8) is 0 Å². The molecule has 7 nitrogen and oxygen atoms in total. The van der Waals surface area contributed by atoms with Crippen molar-refractivity contribution in [1.82, 2.24) is 5.16 Å². The first-order valence-electron chi connectivity index (χ1n) is 9.21. The number of aryl methyl sites for hydroxylation is 1. The molecule has 0 fully saturated rings. The lowest BCUT2D eigenvalue weighted by atomic mass is 10.1. The van der Waals surface area contributed by atoms with Crippen molar-refractivity contribution >= 4 is 17.7 Å². The van der Waals surface area contributed by atoms with E-state index in [1.54, 1.807) is 36.4 Å². The monoisotopic (exact) mass is 423 g/mol. The second kappa shape index (κ2) is 9.85. The van der Waals surface area contributed by atoms with Crippen LogP contribution in [0.1, 0.15) is 28.4 Å². The normalized spacial score (nSPS) is 10.4. The van der Waals surface area contributed by atoms with Crippen molar-refractivity contribution in [1.29, 1.82) is 5.26 Å². The molecule has 0 atom stereocenters. The average Bonchev–Trinajstić information content (AvgIpc) is 3.20. The summed E-state index contributed by atoms with van der Waals surface area (Å²) in [7, 11) is 0. The van der Waals surface area contributed by atoms with E-state index in [4.69, 9.17) is 14.0 Å². The SMILES string of the molecule is CCc1cc(OCCOc2ccc(-c3onc(SC)c3C#N)cc2)ccc1C(=O)[O-]. The Bertz CT molecular complexity index is 1070. The molecule has 0 spiro atoms. The molecule has 8 heteroatoms. The van der Waals surface area contributed by atoms with Crippen molar-refractivity contribution in [3.05, 3.63) is 59.2 Å². The number of aromatic nitrogens is 1. The second-order valence-electron chi connectivity index (χ2n) is 6.19. The molecule has 3 aromatic rings. The number of benzene rings is 2. The quantitative estimate of drug-likeness (QED) is 0.381. The maximum absolute atomic E-state index is 11.1. The van der Waals surface area contributed by atoms with Gasteiger partial charge < -0.3 is 23.9 Å². The van der Waals surface area contributed by atoms with Crippen molar-refractivity contribution in [2.75, 3.05) is 19.5 Å². The van der Waals surface area contributed by atoms with Crippen LogP contribution < -0.4 is 14.6 Å². The van der Waals surface area contributed by atoms with E-state index >= 15 is 0 Å². The summed E-state index contributed by atoms with van der Waals surface area (Å²) in [5.41, 5.74) is 2.00. The molecular formula is C22H19N2O5S-. The number of carboxylic acid groups (broad SMARTS) is 1. The van der Waals surface area contributed by atoms with Gasteiger partial charge in [0.2, 0.25) is 0 Å². The molecule has 0 saturated heterocycles. The van der Waals surface area contributed by atoms with E-state index in [0.29, 0.717) is 53.0 Å². The van der Waals surface area contributed by atoms with Crippen molar-refractivity contribution < 1.29 is 23.9 Å². The Morgan fingerprint density at radius 2 is 1.83 bits per heavy atom. The molecule has 3 rings (SSSR count). The molecule has 0 aliphatic carbocycles. The van der Waals surface area contributed by atoms with Gasteiger partial charge in [0.1, 0.15) is 36.3 Å². The van der Waals surface area contributed by atoms with Gasteiger partial charge in [-0.05, 0) is 60.7 Å². The molecule has 0 saturated carbocycles. The molecule has 0 radical (unpaired) electrons. The third kappa shape index (κ3) is 4.75. The Kier molecular flexibility index (Phi) is 6.99. The van der Waals surface area contributed by atoms with Crippen LogP contribution in [0.5, 0.6) is 11.5 Å². The van der Waals surface area contributed by atoms with E-state index in [2.05, 4.69) is 11.2 Å².